The van der Waals surface area contributed by atoms with Gasteiger partial charge in [0.1, 0.15) is 0 Å². The lowest BCUT2D eigenvalue weighted by molar-refractivity contribution is 0.0994. The largest absolute Gasteiger partial charge is 0.294 e. The Morgan fingerprint density at radius 2 is 2.11 bits per heavy atom. The smallest absolute Gasteiger partial charge is 0.163 e. The molecule has 2 unspecified atom stereocenters. The van der Waals surface area contributed by atoms with Crippen LogP contribution in [0, 0.1) is 6.92 Å². The third-order valence-corrected chi connectivity index (χ3v) is 5.61. The fourth-order valence-corrected chi connectivity index (χ4v) is 4.16. The summed E-state index contributed by atoms with van der Waals surface area (Å²) in [5.41, 5.74) is 7.05. The van der Waals surface area contributed by atoms with Crippen LogP contribution in [0.25, 0.3) is 0 Å². The van der Waals surface area contributed by atoms with Crippen molar-refractivity contribution >= 4 is 5.78 Å². The van der Waals surface area contributed by atoms with Crippen molar-refractivity contribution in [2.24, 2.45) is 0 Å². The lowest BCUT2D eigenvalue weighted by atomic mass is 9.65. The topological polar surface area (TPSA) is 17.1 Å². The quantitative estimate of drug-likeness (QED) is 0.712. The fraction of sp³-hybridized carbons (Fsp3) is 0.611. The summed E-state index contributed by atoms with van der Waals surface area (Å²) in [5.74, 6) is 0.987. The second kappa shape index (κ2) is 4.19. The van der Waals surface area contributed by atoms with Crippen LogP contribution in [0.1, 0.15) is 85.0 Å². The molecule has 2 aliphatic carbocycles. The molecule has 0 aromatic heterocycles. The molecule has 1 aromatic rings. The van der Waals surface area contributed by atoms with E-state index in [0.29, 0.717) is 17.1 Å². The van der Waals surface area contributed by atoms with Crippen LogP contribution >= 0.6 is 0 Å². The van der Waals surface area contributed by atoms with Crippen molar-refractivity contribution in [3.05, 3.63) is 33.9 Å². The predicted octanol–water partition coefficient (Wildman–Crippen LogP) is 4.69. The number of Topliss-reactive ketones (excluding diaryl/α,β-unsaturated/α-hetero) is 1. The molecule has 0 saturated heterocycles. The molecule has 0 aliphatic heterocycles. The molecule has 0 amide bonds. The van der Waals surface area contributed by atoms with Crippen LogP contribution in [0.2, 0.25) is 0 Å². The zero-order chi connectivity index (χ0) is 13.8. The van der Waals surface area contributed by atoms with Gasteiger partial charge in [0.2, 0.25) is 0 Å². The van der Waals surface area contributed by atoms with Gasteiger partial charge in [0.05, 0.1) is 0 Å². The molecule has 2 atom stereocenters. The summed E-state index contributed by atoms with van der Waals surface area (Å²) in [7, 11) is 0. The highest BCUT2D eigenvalue weighted by molar-refractivity contribution is 6.02. The van der Waals surface area contributed by atoms with Gasteiger partial charge < -0.3 is 0 Å². The van der Waals surface area contributed by atoms with Crippen LogP contribution in [-0.4, -0.2) is 5.78 Å². The molecule has 0 radical (unpaired) electrons. The first-order valence-corrected chi connectivity index (χ1v) is 7.68. The van der Waals surface area contributed by atoms with Gasteiger partial charge in [-0.3, -0.25) is 4.79 Å². The van der Waals surface area contributed by atoms with Crippen LogP contribution in [0.15, 0.2) is 6.07 Å². The Morgan fingerprint density at radius 1 is 1.37 bits per heavy atom. The van der Waals surface area contributed by atoms with Crippen molar-refractivity contribution in [3.63, 3.8) is 0 Å². The van der Waals surface area contributed by atoms with Gasteiger partial charge in [0.15, 0.2) is 5.78 Å². The second-order valence-electron chi connectivity index (χ2n) is 6.79. The molecule has 0 N–H and O–H groups in total. The van der Waals surface area contributed by atoms with Crippen molar-refractivity contribution in [1.82, 2.24) is 0 Å². The third-order valence-electron chi connectivity index (χ3n) is 5.61. The maximum absolute atomic E-state index is 12.1. The number of fused-ring (bicyclic) bond motifs is 3. The zero-order valence-corrected chi connectivity index (χ0v) is 12.6. The van der Waals surface area contributed by atoms with E-state index in [1.165, 1.54) is 36.0 Å². The van der Waals surface area contributed by atoms with Crippen LogP contribution < -0.4 is 0 Å². The number of rotatable bonds is 1. The molecule has 0 bridgehead atoms. The molecule has 102 valence electrons. The predicted molar refractivity (Wildman–Crippen MR) is 79.1 cm³/mol. The van der Waals surface area contributed by atoms with Crippen molar-refractivity contribution in [2.45, 2.75) is 71.1 Å². The number of ketones is 1. The minimum Gasteiger partial charge on any atom is -0.294 e. The number of hydrogen-bond acceptors (Lipinski definition) is 1. The van der Waals surface area contributed by atoms with Crippen LogP contribution in [0.3, 0.4) is 0 Å². The van der Waals surface area contributed by atoms with Gasteiger partial charge in [-0.2, -0.15) is 0 Å². The summed E-state index contributed by atoms with van der Waals surface area (Å²) in [6.45, 7) is 9.16. The average molecular weight is 256 g/mol. The Balaban J connectivity index is 2.31. The van der Waals surface area contributed by atoms with Crippen molar-refractivity contribution in [2.75, 3.05) is 0 Å². The van der Waals surface area contributed by atoms with E-state index in [-0.39, 0.29) is 0 Å². The van der Waals surface area contributed by atoms with Gasteiger partial charge in [-0.05, 0) is 66.2 Å². The molecular weight excluding hydrogens is 232 g/mol. The third kappa shape index (κ3) is 1.70. The number of carbonyl (C=O) groups excluding carboxylic acids is 1. The first-order chi connectivity index (χ1) is 8.98. The van der Waals surface area contributed by atoms with Gasteiger partial charge in [-0.1, -0.05) is 26.8 Å². The van der Waals surface area contributed by atoms with Gasteiger partial charge in [0.25, 0.3) is 0 Å². The van der Waals surface area contributed by atoms with E-state index in [9.17, 15) is 4.79 Å². The van der Waals surface area contributed by atoms with Crippen molar-refractivity contribution in [1.29, 1.82) is 0 Å². The van der Waals surface area contributed by atoms with Crippen LogP contribution in [0.5, 0.6) is 0 Å². The Kier molecular flexibility index (Phi) is 2.85. The first-order valence-electron chi connectivity index (χ1n) is 7.68. The average Bonchev–Trinajstić information content (AvgIpc) is 2.77. The van der Waals surface area contributed by atoms with Gasteiger partial charge in [-0.25, -0.2) is 0 Å². The molecule has 2 aliphatic rings. The molecule has 19 heavy (non-hydrogen) atoms. The Hall–Kier alpha value is -1.11. The van der Waals surface area contributed by atoms with E-state index in [1.54, 1.807) is 5.56 Å². The molecule has 1 nitrogen and oxygen atoms in total. The summed E-state index contributed by atoms with van der Waals surface area (Å²) in [6, 6.07) is 2.33. The molecular formula is C18H24O. The SMILES string of the molecule is CCC1(C)CCC(C)c2c1cc(C)c1c2CCC1=O. The Morgan fingerprint density at radius 3 is 2.79 bits per heavy atom. The zero-order valence-electron chi connectivity index (χ0n) is 12.6. The van der Waals surface area contributed by atoms with Crippen molar-refractivity contribution < 1.29 is 4.79 Å². The highest BCUT2D eigenvalue weighted by atomic mass is 16.1. The summed E-state index contributed by atoms with van der Waals surface area (Å²) in [4.78, 5) is 12.1. The molecule has 0 spiro atoms. The molecule has 0 fully saturated rings. The van der Waals surface area contributed by atoms with Gasteiger partial charge in [0, 0.05) is 12.0 Å². The minimum absolute atomic E-state index is 0.313. The number of hydrogen-bond donors (Lipinski definition) is 0. The number of benzene rings is 1. The maximum Gasteiger partial charge on any atom is 0.163 e. The number of aryl methyl sites for hydroxylation is 1. The summed E-state index contributed by atoms with van der Waals surface area (Å²) in [6.07, 6.45) is 5.44. The fourth-order valence-electron chi connectivity index (χ4n) is 4.16. The summed E-state index contributed by atoms with van der Waals surface area (Å²) >= 11 is 0. The Labute approximate surface area is 116 Å². The second-order valence-corrected chi connectivity index (χ2v) is 6.79. The summed E-state index contributed by atoms with van der Waals surface area (Å²) < 4.78 is 0. The molecule has 0 heterocycles. The van der Waals surface area contributed by atoms with Crippen LogP contribution in [-0.2, 0) is 11.8 Å². The highest BCUT2D eigenvalue weighted by Gasteiger charge is 2.38. The van der Waals surface area contributed by atoms with Gasteiger partial charge in [-0.15, -0.1) is 0 Å². The maximum atomic E-state index is 12.1. The minimum atomic E-state index is 0.313. The van der Waals surface area contributed by atoms with Gasteiger partial charge >= 0.3 is 0 Å². The lowest BCUT2D eigenvalue weighted by Gasteiger charge is -2.40. The van der Waals surface area contributed by atoms with Crippen LogP contribution in [0.4, 0.5) is 0 Å². The van der Waals surface area contributed by atoms with E-state index < -0.39 is 0 Å². The highest BCUT2D eigenvalue weighted by Crippen LogP contribution is 2.48. The van der Waals surface area contributed by atoms with Crippen molar-refractivity contribution in [3.8, 4) is 0 Å². The van der Waals surface area contributed by atoms with E-state index >= 15 is 0 Å². The van der Waals surface area contributed by atoms with E-state index in [1.807, 2.05) is 0 Å². The number of carbonyl (C=O) groups is 1. The van der Waals surface area contributed by atoms with E-state index in [2.05, 4.69) is 33.8 Å². The summed E-state index contributed by atoms with van der Waals surface area (Å²) in [5, 5.41) is 0. The Bertz CT molecular complexity index is 555. The lowest BCUT2D eigenvalue weighted by Crippen LogP contribution is -2.29. The monoisotopic (exact) mass is 256 g/mol. The molecule has 0 saturated carbocycles. The molecule has 1 aromatic carbocycles. The normalized spacial score (nSPS) is 29.3. The first kappa shape index (κ1) is 12.9. The standard InChI is InChI=1S/C18H24O/c1-5-18(4)9-8-11(2)16-13-6-7-15(19)17(13)12(3)10-14(16)18/h10-11H,5-9H2,1-4H3. The molecule has 3 rings (SSSR count). The molecule has 1 heteroatoms. The van der Waals surface area contributed by atoms with E-state index in [4.69, 9.17) is 0 Å². The van der Waals surface area contributed by atoms with E-state index in [0.717, 1.165) is 18.4 Å².